The van der Waals surface area contributed by atoms with Crippen molar-refractivity contribution in [1.29, 1.82) is 0 Å². The number of carbonyl (C=O) groups is 1. The van der Waals surface area contributed by atoms with Crippen LogP contribution in [0.4, 0.5) is 0 Å². The van der Waals surface area contributed by atoms with Crippen molar-refractivity contribution in [3.05, 3.63) is 47.9 Å². The number of carbonyl (C=O) groups excluding carboxylic acids is 1. The maximum Gasteiger partial charge on any atom is 0.340 e. The van der Waals surface area contributed by atoms with Crippen LogP contribution in [0.2, 0.25) is 0 Å². The predicted octanol–water partition coefficient (Wildman–Crippen LogP) is 3.62. The van der Waals surface area contributed by atoms with E-state index >= 15 is 0 Å². The minimum absolute atomic E-state index is 0.250. The van der Waals surface area contributed by atoms with Crippen molar-refractivity contribution in [2.24, 2.45) is 0 Å². The first-order valence-corrected chi connectivity index (χ1v) is 7.02. The Balaban J connectivity index is 2.53. The quantitative estimate of drug-likeness (QED) is 0.808. The summed E-state index contributed by atoms with van der Waals surface area (Å²) in [4.78, 5) is 20.9. The predicted molar refractivity (Wildman–Crippen MR) is 82.1 cm³/mol. The minimum atomic E-state index is -0.326. The molecule has 2 heterocycles. The van der Waals surface area contributed by atoms with Gasteiger partial charge in [0.05, 0.1) is 23.6 Å². The van der Waals surface area contributed by atoms with E-state index in [9.17, 15) is 4.79 Å². The summed E-state index contributed by atoms with van der Waals surface area (Å²) in [6, 6.07) is 7.44. The van der Waals surface area contributed by atoms with E-state index in [1.165, 1.54) is 0 Å². The van der Waals surface area contributed by atoms with Gasteiger partial charge in [0.25, 0.3) is 0 Å². The second-order valence-electron chi connectivity index (χ2n) is 5.80. The molecule has 0 radical (unpaired) electrons. The Morgan fingerprint density at radius 3 is 2.57 bits per heavy atom. The molecule has 110 valence electrons. The normalized spacial score (nSPS) is 11.2. The van der Waals surface area contributed by atoms with Gasteiger partial charge in [-0.3, -0.25) is 9.97 Å². The van der Waals surface area contributed by atoms with Crippen LogP contribution in [0, 0.1) is 0 Å². The third-order valence-electron chi connectivity index (χ3n) is 3.06. The number of rotatable bonds is 3. The van der Waals surface area contributed by atoms with Crippen LogP contribution in [0.1, 0.15) is 43.7 Å². The molecule has 2 aromatic heterocycles. The smallest absolute Gasteiger partial charge is 0.340 e. The lowest BCUT2D eigenvalue weighted by Crippen LogP contribution is -2.20. The van der Waals surface area contributed by atoms with Gasteiger partial charge < -0.3 is 4.74 Å². The van der Waals surface area contributed by atoms with Gasteiger partial charge in [0.1, 0.15) is 0 Å². The summed E-state index contributed by atoms with van der Waals surface area (Å²) in [5.41, 5.74) is 2.75. The summed E-state index contributed by atoms with van der Waals surface area (Å²) in [5, 5.41) is 0. The fraction of sp³-hybridized carbons (Fsp3) is 0.353. The fourth-order valence-electron chi connectivity index (χ4n) is 2.08. The Kier molecular flexibility index (Phi) is 4.36. The first-order chi connectivity index (χ1) is 9.93. The van der Waals surface area contributed by atoms with Crippen LogP contribution < -0.4 is 0 Å². The number of pyridine rings is 2. The van der Waals surface area contributed by atoms with Gasteiger partial charge in [-0.25, -0.2) is 4.79 Å². The van der Waals surface area contributed by atoms with Gasteiger partial charge in [-0.2, -0.15) is 0 Å². The van der Waals surface area contributed by atoms with E-state index in [4.69, 9.17) is 4.74 Å². The Bertz CT molecular complexity index is 631. The van der Waals surface area contributed by atoms with Gasteiger partial charge >= 0.3 is 5.97 Å². The molecule has 21 heavy (non-hydrogen) atoms. The summed E-state index contributed by atoms with van der Waals surface area (Å²) in [6.07, 6.45) is 3.49. The summed E-state index contributed by atoms with van der Waals surface area (Å²) in [5.74, 6) is -0.326. The number of esters is 1. The third kappa shape index (κ3) is 3.45. The number of hydrogen-bond acceptors (Lipinski definition) is 4. The zero-order valence-corrected chi connectivity index (χ0v) is 12.9. The Labute approximate surface area is 125 Å². The molecular weight excluding hydrogens is 264 g/mol. The van der Waals surface area contributed by atoms with E-state index < -0.39 is 0 Å². The van der Waals surface area contributed by atoms with Crippen LogP contribution >= 0.6 is 0 Å². The zero-order chi connectivity index (χ0) is 15.5. The highest BCUT2D eigenvalue weighted by Crippen LogP contribution is 2.27. The second kappa shape index (κ2) is 6.04. The molecule has 0 aliphatic rings. The van der Waals surface area contributed by atoms with Crippen LogP contribution in [0.3, 0.4) is 0 Å². The molecule has 0 amide bonds. The highest BCUT2D eigenvalue weighted by Gasteiger charge is 2.25. The summed E-state index contributed by atoms with van der Waals surface area (Å²) < 4.78 is 5.12. The monoisotopic (exact) mass is 284 g/mol. The average Bonchev–Trinajstić information content (AvgIpc) is 2.47. The second-order valence-corrected chi connectivity index (χ2v) is 5.80. The van der Waals surface area contributed by atoms with Gasteiger partial charge in [-0.1, -0.05) is 20.8 Å². The number of aromatic nitrogens is 2. The molecule has 0 N–H and O–H groups in total. The van der Waals surface area contributed by atoms with Crippen LogP contribution in [-0.4, -0.2) is 22.5 Å². The maximum absolute atomic E-state index is 12.1. The molecule has 0 unspecified atom stereocenters. The molecule has 0 bridgehead atoms. The van der Waals surface area contributed by atoms with E-state index in [-0.39, 0.29) is 11.4 Å². The van der Waals surface area contributed by atoms with Crippen molar-refractivity contribution in [3.63, 3.8) is 0 Å². The molecule has 0 atom stereocenters. The van der Waals surface area contributed by atoms with Crippen LogP contribution in [0.5, 0.6) is 0 Å². The van der Waals surface area contributed by atoms with Gasteiger partial charge in [-0.05, 0) is 31.2 Å². The van der Waals surface area contributed by atoms with Crippen LogP contribution in [-0.2, 0) is 10.2 Å². The molecule has 2 aromatic rings. The standard InChI is InChI=1S/C17H20N2O2/c1-5-21-16(20)13-8-9-14(12-7-6-10-18-11-12)19-15(13)17(2,3)4/h6-11H,5H2,1-4H3. The molecule has 0 fully saturated rings. The molecule has 4 nitrogen and oxygen atoms in total. The SMILES string of the molecule is CCOC(=O)c1ccc(-c2cccnc2)nc1C(C)(C)C. The fourth-order valence-corrected chi connectivity index (χ4v) is 2.08. The van der Waals surface area contributed by atoms with E-state index in [1.54, 1.807) is 25.4 Å². The lowest BCUT2D eigenvalue weighted by atomic mass is 9.88. The molecule has 0 saturated carbocycles. The first-order valence-electron chi connectivity index (χ1n) is 7.02. The topological polar surface area (TPSA) is 52.1 Å². The highest BCUT2D eigenvalue weighted by atomic mass is 16.5. The number of ether oxygens (including phenoxy) is 1. The summed E-state index contributed by atoms with van der Waals surface area (Å²) in [7, 11) is 0. The van der Waals surface area contributed by atoms with Crippen molar-refractivity contribution >= 4 is 5.97 Å². The van der Waals surface area contributed by atoms with Crippen LogP contribution in [0.25, 0.3) is 11.3 Å². The van der Waals surface area contributed by atoms with Gasteiger partial charge in [-0.15, -0.1) is 0 Å². The Hall–Kier alpha value is -2.23. The summed E-state index contributed by atoms with van der Waals surface area (Å²) >= 11 is 0. The molecule has 0 spiro atoms. The lowest BCUT2D eigenvalue weighted by molar-refractivity contribution is 0.0523. The molecule has 4 heteroatoms. The van der Waals surface area contributed by atoms with E-state index in [0.717, 1.165) is 17.0 Å². The van der Waals surface area contributed by atoms with Crippen molar-refractivity contribution in [2.75, 3.05) is 6.61 Å². The highest BCUT2D eigenvalue weighted by molar-refractivity contribution is 5.91. The van der Waals surface area contributed by atoms with Crippen LogP contribution in [0.15, 0.2) is 36.7 Å². The largest absolute Gasteiger partial charge is 0.462 e. The molecule has 0 saturated heterocycles. The number of nitrogens with zero attached hydrogens (tertiary/aromatic N) is 2. The average molecular weight is 284 g/mol. The third-order valence-corrected chi connectivity index (χ3v) is 3.06. The lowest BCUT2D eigenvalue weighted by Gasteiger charge is -2.21. The molecule has 0 aromatic carbocycles. The molecule has 2 rings (SSSR count). The molecule has 0 aliphatic heterocycles. The van der Waals surface area contributed by atoms with Crippen molar-refractivity contribution in [2.45, 2.75) is 33.1 Å². The Morgan fingerprint density at radius 1 is 1.24 bits per heavy atom. The van der Waals surface area contributed by atoms with E-state index in [2.05, 4.69) is 9.97 Å². The maximum atomic E-state index is 12.1. The van der Waals surface area contributed by atoms with Gasteiger partial charge in [0.2, 0.25) is 0 Å². The van der Waals surface area contributed by atoms with E-state index in [1.807, 2.05) is 39.0 Å². The van der Waals surface area contributed by atoms with Crippen molar-refractivity contribution in [3.8, 4) is 11.3 Å². The summed E-state index contributed by atoms with van der Waals surface area (Å²) in [6.45, 7) is 8.25. The van der Waals surface area contributed by atoms with Crippen molar-refractivity contribution < 1.29 is 9.53 Å². The molecule has 0 aliphatic carbocycles. The van der Waals surface area contributed by atoms with E-state index in [0.29, 0.717) is 12.2 Å². The molecular formula is C17H20N2O2. The number of hydrogen-bond donors (Lipinski definition) is 0. The Morgan fingerprint density at radius 2 is 2.00 bits per heavy atom. The minimum Gasteiger partial charge on any atom is -0.462 e. The zero-order valence-electron chi connectivity index (χ0n) is 12.9. The first kappa shape index (κ1) is 15.2. The van der Waals surface area contributed by atoms with Gasteiger partial charge in [0.15, 0.2) is 0 Å². The van der Waals surface area contributed by atoms with Gasteiger partial charge in [0, 0.05) is 23.4 Å². The van der Waals surface area contributed by atoms with Crippen molar-refractivity contribution in [1.82, 2.24) is 9.97 Å².